The van der Waals surface area contributed by atoms with Gasteiger partial charge in [-0.2, -0.15) is 0 Å². The number of rotatable bonds is 0. The fourth-order valence-corrected chi connectivity index (χ4v) is 0.773. The zero-order chi connectivity index (χ0) is 5.11. The van der Waals surface area contributed by atoms with Gasteiger partial charge in [0.25, 0.3) is 0 Å². The van der Waals surface area contributed by atoms with Gasteiger partial charge >= 0.3 is 27.7 Å². The second kappa shape index (κ2) is 7.29. The van der Waals surface area contributed by atoms with Crippen LogP contribution in [0.25, 0.3) is 0 Å². The Kier molecular flexibility index (Phi) is 10.4. The molecular weight excluding hydrogens is 324 g/mol. The molecule has 50 valence electrons. The Morgan fingerprint density at radius 3 is 2.44 bits per heavy atom. The molecule has 0 aromatic carbocycles. The smallest absolute Gasteiger partial charge is 1.00 e. The quantitative estimate of drug-likeness (QED) is 0.484. The van der Waals surface area contributed by atoms with Crippen LogP contribution in [-0.4, -0.2) is 12.7 Å². The molecule has 0 aromatic heterocycles. The van der Waals surface area contributed by atoms with Crippen LogP contribution in [0.3, 0.4) is 0 Å². The van der Waals surface area contributed by atoms with Crippen LogP contribution in [0, 0.1) is 6.42 Å². The van der Waals surface area contributed by atoms with Crippen LogP contribution >= 0.6 is 0 Å². The van der Waals surface area contributed by atoms with E-state index in [1.165, 1.54) is 12.8 Å². The van der Waals surface area contributed by atoms with Gasteiger partial charge in [0.2, 0.25) is 0 Å². The average Bonchev–Trinajstić information content (AvgIpc) is 1.69. The third-order valence-electron chi connectivity index (χ3n) is 1.23. The van der Waals surface area contributed by atoms with Crippen molar-refractivity contribution in [1.82, 2.24) is 0 Å². The molecule has 0 saturated carbocycles. The Bertz CT molecular complexity index is 55.0. The number of halogens is 1. The van der Waals surface area contributed by atoms with E-state index in [1.54, 1.807) is 0 Å². The van der Waals surface area contributed by atoms with Crippen molar-refractivity contribution in [1.29, 1.82) is 0 Å². The first-order valence-electron chi connectivity index (χ1n) is 2.84. The van der Waals surface area contributed by atoms with Crippen molar-refractivity contribution in [2.24, 2.45) is 0 Å². The largest absolute Gasteiger partial charge is 1.00 e. The van der Waals surface area contributed by atoms with Crippen molar-refractivity contribution in [2.45, 2.75) is 25.9 Å². The SMILES string of the molecule is C[C@@H]1[CH]CCCO1.[Cl-].[Hg+]. The van der Waals surface area contributed by atoms with E-state index in [0.717, 1.165) is 6.61 Å². The maximum atomic E-state index is 5.22. The van der Waals surface area contributed by atoms with Crippen molar-refractivity contribution >= 4 is 0 Å². The molecule has 0 unspecified atom stereocenters. The van der Waals surface area contributed by atoms with Crippen LogP contribution in [0.4, 0.5) is 0 Å². The van der Waals surface area contributed by atoms with E-state index in [4.69, 9.17) is 4.74 Å². The molecule has 0 aromatic rings. The van der Waals surface area contributed by atoms with E-state index < -0.39 is 0 Å². The summed E-state index contributed by atoms with van der Waals surface area (Å²) in [7, 11) is 0. The van der Waals surface area contributed by atoms with Gasteiger partial charge < -0.3 is 17.1 Å². The zero-order valence-electron chi connectivity index (χ0n) is 5.77. The van der Waals surface area contributed by atoms with Crippen LogP contribution < -0.4 is 12.4 Å². The molecule has 1 aliphatic heterocycles. The summed E-state index contributed by atoms with van der Waals surface area (Å²) in [5, 5.41) is 0. The fraction of sp³-hybridized carbons (Fsp3) is 0.833. The average molecular weight is 335 g/mol. The molecule has 1 nitrogen and oxygen atoms in total. The van der Waals surface area contributed by atoms with Gasteiger partial charge in [0.1, 0.15) is 0 Å². The van der Waals surface area contributed by atoms with E-state index in [0.29, 0.717) is 6.10 Å². The molecule has 1 heterocycles. The van der Waals surface area contributed by atoms with Gasteiger partial charge in [-0.15, -0.1) is 0 Å². The fourth-order valence-electron chi connectivity index (χ4n) is 0.773. The minimum Gasteiger partial charge on any atom is -1.00 e. The molecule has 0 aliphatic carbocycles. The predicted octanol–water partition coefficient (Wildman–Crippen LogP) is -1.61. The summed E-state index contributed by atoms with van der Waals surface area (Å²) in [6.07, 6.45) is 5.07. The Hall–Kier alpha value is 1.19. The molecule has 1 aliphatic rings. The normalized spacial score (nSPS) is 25.7. The molecule has 9 heavy (non-hydrogen) atoms. The summed E-state index contributed by atoms with van der Waals surface area (Å²) >= 11 is 0. The van der Waals surface area contributed by atoms with E-state index in [9.17, 15) is 0 Å². The van der Waals surface area contributed by atoms with Crippen LogP contribution in [-0.2, 0) is 32.4 Å². The Labute approximate surface area is 83.5 Å². The van der Waals surface area contributed by atoms with E-state index in [1.807, 2.05) is 0 Å². The summed E-state index contributed by atoms with van der Waals surface area (Å²) < 4.78 is 5.22. The first-order chi connectivity index (χ1) is 3.39. The van der Waals surface area contributed by atoms with Gasteiger partial charge in [-0.1, -0.05) is 0 Å². The molecule has 0 bridgehead atoms. The number of ether oxygens (including phenoxy) is 1. The summed E-state index contributed by atoms with van der Waals surface area (Å²) in [4.78, 5) is 0. The van der Waals surface area contributed by atoms with Crippen LogP contribution in [0.2, 0.25) is 0 Å². The van der Waals surface area contributed by atoms with E-state index in [-0.39, 0.29) is 40.1 Å². The Morgan fingerprint density at radius 2 is 2.22 bits per heavy atom. The molecular formula is C6H11ClHgO. The minimum absolute atomic E-state index is 0. The standard InChI is InChI=1S/C6H11O.ClH.Hg/c1-6-4-2-3-5-7-6;;/h4,6H,2-3,5H2,1H3;1H;/q;;+1/p-1/t6-;;/m1../s1. The molecule has 2 radical (unpaired) electrons. The third kappa shape index (κ3) is 5.62. The van der Waals surface area contributed by atoms with Crippen molar-refractivity contribution in [2.75, 3.05) is 6.61 Å². The van der Waals surface area contributed by atoms with Crippen LogP contribution in [0.15, 0.2) is 0 Å². The molecule has 3 heteroatoms. The van der Waals surface area contributed by atoms with Gasteiger partial charge in [-0.05, 0) is 26.2 Å². The summed E-state index contributed by atoms with van der Waals surface area (Å²) in [6, 6.07) is 0. The van der Waals surface area contributed by atoms with Crippen molar-refractivity contribution in [3.8, 4) is 0 Å². The molecule has 0 spiro atoms. The molecule has 0 N–H and O–H groups in total. The summed E-state index contributed by atoms with van der Waals surface area (Å²) in [5.41, 5.74) is 0. The van der Waals surface area contributed by atoms with Gasteiger partial charge in [-0.25, -0.2) is 0 Å². The molecule has 1 atom stereocenters. The Morgan fingerprint density at radius 1 is 1.56 bits per heavy atom. The van der Waals surface area contributed by atoms with Gasteiger partial charge in [0.15, 0.2) is 0 Å². The first kappa shape index (κ1) is 12.8. The maximum absolute atomic E-state index is 5.22. The topological polar surface area (TPSA) is 9.23 Å². The molecule has 1 saturated heterocycles. The molecule has 1 fully saturated rings. The monoisotopic (exact) mass is 336 g/mol. The maximum Gasteiger partial charge on any atom is 1.00 e. The van der Waals surface area contributed by atoms with Crippen LogP contribution in [0.5, 0.6) is 0 Å². The zero-order valence-corrected chi connectivity index (χ0v) is 12.0. The van der Waals surface area contributed by atoms with Gasteiger partial charge in [0.05, 0.1) is 6.10 Å². The van der Waals surface area contributed by atoms with Gasteiger partial charge in [-0.3, -0.25) is 0 Å². The van der Waals surface area contributed by atoms with Crippen molar-refractivity contribution in [3.05, 3.63) is 6.42 Å². The molecule has 1 rings (SSSR count). The Balaban J connectivity index is 0. The van der Waals surface area contributed by atoms with E-state index in [2.05, 4.69) is 13.3 Å². The van der Waals surface area contributed by atoms with Crippen molar-refractivity contribution in [3.63, 3.8) is 0 Å². The minimum atomic E-state index is 0. The summed E-state index contributed by atoms with van der Waals surface area (Å²) in [5.74, 6) is 0. The molecule has 0 amide bonds. The second-order valence-electron chi connectivity index (χ2n) is 1.95. The second-order valence-corrected chi connectivity index (χ2v) is 1.95. The number of hydrogen-bond donors (Lipinski definition) is 0. The van der Waals surface area contributed by atoms with Crippen LogP contribution in [0.1, 0.15) is 19.8 Å². The summed E-state index contributed by atoms with van der Waals surface area (Å²) in [6.45, 7) is 3.04. The van der Waals surface area contributed by atoms with Gasteiger partial charge in [0, 0.05) is 6.61 Å². The van der Waals surface area contributed by atoms with E-state index >= 15 is 0 Å². The van der Waals surface area contributed by atoms with Crippen molar-refractivity contribution < 1.29 is 44.8 Å². The first-order valence-corrected chi connectivity index (χ1v) is 2.84. The predicted molar refractivity (Wildman–Crippen MR) is 28.9 cm³/mol. The number of hydrogen-bond acceptors (Lipinski definition) is 1. The third-order valence-corrected chi connectivity index (χ3v) is 1.23.